The van der Waals surface area contributed by atoms with Crippen molar-refractivity contribution >= 4 is 43.5 Å². The van der Waals surface area contributed by atoms with Gasteiger partial charge in [0, 0.05) is 35.6 Å². The van der Waals surface area contributed by atoms with Gasteiger partial charge in [0.15, 0.2) is 11.5 Å². The molecule has 208 valence electrons. The number of nitrogens with one attached hydrogen (secondary N) is 1. The Kier molecular flexibility index (Phi) is 9.69. The van der Waals surface area contributed by atoms with Gasteiger partial charge in [-0.15, -0.1) is 0 Å². The second-order valence-corrected chi connectivity index (χ2v) is 13.2. The zero-order valence-electron chi connectivity index (χ0n) is 22.5. The summed E-state index contributed by atoms with van der Waals surface area (Å²) < 4.78 is 38.5. The van der Waals surface area contributed by atoms with Gasteiger partial charge in [0.25, 0.3) is 0 Å². The minimum atomic E-state index is -3.62. The molecule has 2 amide bonds. The van der Waals surface area contributed by atoms with Crippen LogP contribution in [-0.2, 0) is 26.2 Å². The molecule has 11 heteroatoms. The smallest absolute Gasteiger partial charge is 0.242 e. The number of benzene rings is 2. The van der Waals surface area contributed by atoms with Crippen LogP contribution < -0.4 is 19.1 Å². The molecule has 1 aliphatic heterocycles. The van der Waals surface area contributed by atoms with Crippen LogP contribution in [0.2, 0.25) is 0 Å². The van der Waals surface area contributed by atoms with Crippen LogP contribution >= 0.6 is 15.9 Å². The van der Waals surface area contributed by atoms with E-state index in [0.29, 0.717) is 30.4 Å². The van der Waals surface area contributed by atoms with E-state index in [-0.39, 0.29) is 37.7 Å². The van der Waals surface area contributed by atoms with Gasteiger partial charge in [-0.2, -0.15) is 0 Å². The number of carbonyl (C=O) groups excluding carboxylic acids is 2. The lowest BCUT2D eigenvalue weighted by molar-refractivity contribution is -0.141. The summed E-state index contributed by atoms with van der Waals surface area (Å²) in [6.07, 6.45) is 1.47. The Bertz CT molecular complexity index is 1240. The van der Waals surface area contributed by atoms with E-state index >= 15 is 0 Å². The molecule has 0 bridgehead atoms. The monoisotopic (exact) mass is 609 g/mol. The van der Waals surface area contributed by atoms with Gasteiger partial charge in [-0.3, -0.25) is 13.9 Å². The third kappa shape index (κ3) is 8.36. The van der Waals surface area contributed by atoms with E-state index in [4.69, 9.17) is 9.47 Å². The molecule has 0 aromatic heterocycles. The molecule has 0 radical (unpaired) electrons. The van der Waals surface area contributed by atoms with Crippen molar-refractivity contribution in [2.24, 2.45) is 0 Å². The molecule has 2 aromatic carbocycles. The number of amides is 2. The quantitative estimate of drug-likeness (QED) is 0.435. The molecular weight excluding hydrogens is 574 g/mol. The van der Waals surface area contributed by atoms with Crippen LogP contribution in [0.1, 0.15) is 46.1 Å². The van der Waals surface area contributed by atoms with Crippen LogP contribution in [0.3, 0.4) is 0 Å². The van der Waals surface area contributed by atoms with Crippen molar-refractivity contribution in [3.05, 3.63) is 52.5 Å². The van der Waals surface area contributed by atoms with Crippen molar-refractivity contribution in [2.75, 3.05) is 30.3 Å². The second-order valence-electron chi connectivity index (χ2n) is 10.3. The number of nitrogens with zero attached hydrogens (tertiary/aromatic N) is 2. The minimum absolute atomic E-state index is 0.0697. The Morgan fingerprint density at radius 2 is 1.68 bits per heavy atom. The predicted molar refractivity (Wildman–Crippen MR) is 151 cm³/mol. The highest BCUT2D eigenvalue weighted by Crippen LogP contribution is 2.34. The van der Waals surface area contributed by atoms with Crippen LogP contribution in [0.5, 0.6) is 11.5 Å². The third-order valence-corrected chi connectivity index (χ3v) is 7.62. The molecule has 1 atom stereocenters. The molecule has 0 aliphatic carbocycles. The maximum atomic E-state index is 13.4. The molecule has 9 nitrogen and oxygen atoms in total. The van der Waals surface area contributed by atoms with Crippen LogP contribution in [0.15, 0.2) is 46.9 Å². The van der Waals surface area contributed by atoms with Gasteiger partial charge in [0.05, 0.1) is 11.9 Å². The maximum absolute atomic E-state index is 13.4. The minimum Gasteiger partial charge on any atom is -0.486 e. The van der Waals surface area contributed by atoms with E-state index in [1.807, 2.05) is 45.0 Å². The summed E-state index contributed by atoms with van der Waals surface area (Å²) >= 11 is 3.42. The number of hydrogen-bond donors (Lipinski definition) is 1. The summed E-state index contributed by atoms with van der Waals surface area (Å²) in [5.74, 6) is 0.560. The normalized spacial score (nSPS) is 13.9. The van der Waals surface area contributed by atoms with Crippen LogP contribution in [0.4, 0.5) is 5.69 Å². The van der Waals surface area contributed by atoms with Crippen molar-refractivity contribution in [1.82, 2.24) is 10.2 Å². The topological polar surface area (TPSA) is 105 Å². The molecule has 0 saturated carbocycles. The number of halogens is 1. The van der Waals surface area contributed by atoms with E-state index in [1.54, 1.807) is 30.0 Å². The molecule has 2 aromatic rings. The Hall–Kier alpha value is -2.79. The highest BCUT2D eigenvalue weighted by atomic mass is 79.9. The first-order chi connectivity index (χ1) is 17.7. The van der Waals surface area contributed by atoms with Gasteiger partial charge < -0.3 is 19.7 Å². The largest absolute Gasteiger partial charge is 0.486 e. The lowest BCUT2D eigenvalue weighted by Crippen LogP contribution is -2.52. The predicted octanol–water partition coefficient (Wildman–Crippen LogP) is 4.10. The number of anilines is 1. The van der Waals surface area contributed by atoms with E-state index in [1.165, 1.54) is 4.31 Å². The zero-order valence-corrected chi connectivity index (χ0v) is 24.9. The van der Waals surface area contributed by atoms with E-state index in [9.17, 15) is 18.0 Å². The lowest BCUT2D eigenvalue weighted by Gasteiger charge is -2.32. The Morgan fingerprint density at radius 1 is 1.05 bits per heavy atom. The summed E-state index contributed by atoms with van der Waals surface area (Å²) in [5.41, 5.74) is 0.872. The van der Waals surface area contributed by atoms with E-state index in [2.05, 4.69) is 21.2 Å². The van der Waals surface area contributed by atoms with Crippen molar-refractivity contribution in [3.8, 4) is 11.5 Å². The average Bonchev–Trinajstić information content (AvgIpc) is 2.83. The molecule has 0 spiro atoms. The first-order valence-corrected chi connectivity index (χ1v) is 15.1. The summed E-state index contributed by atoms with van der Waals surface area (Å²) in [5, 5.41) is 2.94. The maximum Gasteiger partial charge on any atom is 0.242 e. The molecule has 3 rings (SSSR count). The van der Waals surface area contributed by atoms with Crippen LogP contribution in [-0.4, -0.2) is 62.7 Å². The van der Waals surface area contributed by atoms with Gasteiger partial charge in [-0.1, -0.05) is 28.1 Å². The van der Waals surface area contributed by atoms with Crippen molar-refractivity contribution in [3.63, 3.8) is 0 Å². The van der Waals surface area contributed by atoms with E-state index < -0.39 is 21.6 Å². The van der Waals surface area contributed by atoms with Crippen molar-refractivity contribution < 1.29 is 27.5 Å². The fraction of sp³-hybridized carbons (Fsp3) is 0.481. The third-order valence-electron chi connectivity index (χ3n) is 5.90. The van der Waals surface area contributed by atoms with Gasteiger partial charge in [0.2, 0.25) is 21.8 Å². The summed E-state index contributed by atoms with van der Waals surface area (Å²) in [7, 11) is -3.62. The number of carbonyl (C=O) groups is 2. The molecule has 1 N–H and O–H groups in total. The Balaban J connectivity index is 1.74. The number of rotatable bonds is 10. The van der Waals surface area contributed by atoms with Crippen LogP contribution in [0.25, 0.3) is 0 Å². The fourth-order valence-electron chi connectivity index (χ4n) is 4.03. The van der Waals surface area contributed by atoms with Gasteiger partial charge >= 0.3 is 0 Å². The van der Waals surface area contributed by atoms with Gasteiger partial charge in [-0.25, -0.2) is 8.42 Å². The van der Waals surface area contributed by atoms with Crippen LogP contribution in [0, 0.1) is 0 Å². The van der Waals surface area contributed by atoms with Gasteiger partial charge in [-0.05, 0) is 63.9 Å². The molecule has 0 unspecified atom stereocenters. The fourth-order valence-corrected chi connectivity index (χ4v) is 5.26. The van der Waals surface area contributed by atoms with E-state index in [0.717, 1.165) is 16.3 Å². The number of ether oxygens (including phenoxy) is 2. The number of sulfonamides is 1. The molecule has 1 aliphatic rings. The molecule has 0 saturated heterocycles. The number of fused-ring (bicyclic) bond motifs is 1. The second kappa shape index (κ2) is 12.4. The van der Waals surface area contributed by atoms with Crippen molar-refractivity contribution in [2.45, 2.75) is 58.7 Å². The highest BCUT2D eigenvalue weighted by molar-refractivity contribution is 9.10. The first kappa shape index (κ1) is 29.8. The standard InChI is InChI=1S/C27H36BrN3O6S/c1-19(26(33)29-27(2,3)4)30(18-20-8-10-21(28)11-9-20)25(32)7-6-14-31(38(5,34)35)22-12-13-23-24(17-22)37-16-15-36-23/h8-13,17,19H,6-7,14-16,18H2,1-5H3,(H,29,33)/t19-/m1/s1. The molecular formula is C27H36BrN3O6S. The summed E-state index contributed by atoms with van der Waals surface area (Å²) in [4.78, 5) is 27.9. The Morgan fingerprint density at radius 3 is 2.29 bits per heavy atom. The molecule has 0 fully saturated rings. The van der Waals surface area contributed by atoms with Crippen molar-refractivity contribution in [1.29, 1.82) is 0 Å². The SMILES string of the molecule is C[C@H](C(=O)NC(C)(C)C)N(Cc1ccc(Br)cc1)C(=O)CCCN(c1ccc2c(c1)OCCO2)S(C)(=O)=O. The van der Waals surface area contributed by atoms with Gasteiger partial charge in [0.1, 0.15) is 19.3 Å². The first-order valence-electron chi connectivity index (χ1n) is 12.5. The summed E-state index contributed by atoms with van der Waals surface area (Å²) in [6.45, 7) is 8.53. The molecule has 1 heterocycles. The lowest BCUT2D eigenvalue weighted by atomic mass is 10.1. The highest BCUT2D eigenvalue weighted by Gasteiger charge is 2.29. The Labute approximate surface area is 233 Å². The summed E-state index contributed by atoms with van der Waals surface area (Å²) in [6, 6.07) is 11.8. The number of hydrogen-bond acceptors (Lipinski definition) is 6. The average molecular weight is 611 g/mol. The zero-order chi connectivity index (χ0) is 28.1. The molecule has 38 heavy (non-hydrogen) atoms.